The van der Waals surface area contributed by atoms with Crippen LogP contribution in [0.1, 0.15) is 10.5 Å². The second kappa shape index (κ2) is 6.16. The number of halogens is 1. The minimum Gasteiger partial charge on any atom is -0.408 e. The zero-order valence-electron chi connectivity index (χ0n) is 13.5. The second-order valence-electron chi connectivity index (χ2n) is 5.56. The number of para-hydroxylation sites is 1. The van der Waals surface area contributed by atoms with E-state index in [1.54, 1.807) is 43.4 Å². The highest BCUT2D eigenvalue weighted by Gasteiger charge is 2.14. The van der Waals surface area contributed by atoms with Gasteiger partial charge in [0.25, 0.3) is 5.91 Å². The Labute approximate surface area is 151 Å². The molecule has 0 unspecified atom stereocenters. The minimum atomic E-state index is -0.467. The topological polar surface area (TPSA) is 95.0 Å². The Morgan fingerprint density at radius 3 is 2.85 bits per heavy atom. The molecule has 0 aliphatic heterocycles. The molecule has 4 rings (SSSR count). The van der Waals surface area contributed by atoms with Crippen LogP contribution in [0.5, 0.6) is 0 Å². The molecule has 0 aliphatic carbocycles. The van der Waals surface area contributed by atoms with Gasteiger partial charge in [-0.05, 0) is 24.3 Å². The van der Waals surface area contributed by atoms with Crippen LogP contribution in [0.15, 0.2) is 57.9 Å². The number of oxazole rings is 1. The van der Waals surface area contributed by atoms with Gasteiger partial charge in [0, 0.05) is 18.8 Å². The summed E-state index contributed by atoms with van der Waals surface area (Å²) in [7, 11) is 1.61. The molecule has 0 radical (unpaired) electrons. The number of benzene rings is 2. The Morgan fingerprint density at radius 1 is 1.23 bits per heavy atom. The number of hydrogen-bond donors (Lipinski definition) is 1. The number of nitrogens with zero attached hydrogens (tertiary/aromatic N) is 4. The van der Waals surface area contributed by atoms with E-state index in [1.807, 2.05) is 6.07 Å². The van der Waals surface area contributed by atoms with Crippen molar-refractivity contribution >= 4 is 34.3 Å². The Bertz CT molecular complexity index is 1190. The maximum Gasteiger partial charge on any atom is 0.419 e. The molecule has 0 saturated heterocycles. The van der Waals surface area contributed by atoms with Crippen LogP contribution in [0.3, 0.4) is 0 Å². The molecular formula is C17H12ClN5O3. The van der Waals surface area contributed by atoms with Gasteiger partial charge in [-0.1, -0.05) is 28.9 Å². The summed E-state index contributed by atoms with van der Waals surface area (Å²) in [5.41, 5.74) is 2.24. The first-order chi connectivity index (χ1) is 12.5. The summed E-state index contributed by atoms with van der Waals surface area (Å²) >= 11 is 6.12. The van der Waals surface area contributed by atoms with E-state index in [0.29, 0.717) is 27.5 Å². The standard InChI is InChI=1S/C17H12ClN5O3/c1-22-14-7-6-10(8-15(14)26-17(22)25)19-16(24)12-9-23(21-20-12)13-5-3-2-4-11(13)18/h2-9H,1H3,(H,19,24). The number of rotatable bonds is 3. The molecule has 4 aromatic rings. The van der Waals surface area contributed by atoms with Crippen LogP contribution in [0.4, 0.5) is 5.69 Å². The summed E-state index contributed by atoms with van der Waals surface area (Å²) in [4.78, 5) is 23.9. The van der Waals surface area contributed by atoms with Crippen molar-refractivity contribution in [3.05, 3.63) is 69.9 Å². The van der Waals surface area contributed by atoms with Gasteiger partial charge in [-0.3, -0.25) is 9.36 Å². The zero-order chi connectivity index (χ0) is 18.3. The van der Waals surface area contributed by atoms with E-state index in [4.69, 9.17) is 16.0 Å². The number of anilines is 1. The summed E-state index contributed by atoms with van der Waals surface area (Å²) in [5, 5.41) is 11.0. The Balaban J connectivity index is 1.59. The quantitative estimate of drug-likeness (QED) is 0.599. The second-order valence-corrected chi connectivity index (χ2v) is 5.97. The first kappa shape index (κ1) is 16.1. The molecule has 9 heteroatoms. The third-order valence-electron chi connectivity index (χ3n) is 3.88. The molecule has 130 valence electrons. The molecule has 0 fully saturated rings. The molecule has 2 aromatic carbocycles. The molecule has 0 saturated carbocycles. The summed E-state index contributed by atoms with van der Waals surface area (Å²) in [6.07, 6.45) is 1.48. The van der Waals surface area contributed by atoms with Crippen molar-refractivity contribution in [3.8, 4) is 5.69 Å². The van der Waals surface area contributed by atoms with Crippen LogP contribution in [0, 0.1) is 0 Å². The van der Waals surface area contributed by atoms with Crippen molar-refractivity contribution in [2.45, 2.75) is 0 Å². The average Bonchev–Trinajstić information content (AvgIpc) is 3.21. The zero-order valence-corrected chi connectivity index (χ0v) is 14.3. The maximum atomic E-state index is 12.4. The molecule has 0 aliphatic rings. The van der Waals surface area contributed by atoms with Gasteiger partial charge in [0.2, 0.25) is 0 Å². The van der Waals surface area contributed by atoms with Gasteiger partial charge in [0.05, 0.1) is 22.4 Å². The summed E-state index contributed by atoms with van der Waals surface area (Å²) < 4.78 is 7.92. The molecule has 0 bridgehead atoms. The summed E-state index contributed by atoms with van der Waals surface area (Å²) in [5.74, 6) is -0.910. The van der Waals surface area contributed by atoms with Gasteiger partial charge in [-0.2, -0.15) is 0 Å². The van der Waals surface area contributed by atoms with E-state index in [9.17, 15) is 9.59 Å². The van der Waals surface area contributed by atoms with Gasteiger partial charge in [-0.15, -0.1) is 5.10 Å². The van der Waals surface area contributed by atoms with Crippen molar-refractivity contribution in [2.24, 2.45) is 7.05 Å². The number of fused-ring (bicyclic) bond motifs is 1. The van der Waals surface area contributed by atoms with E-state index in [0.717, 1.165) is 0 Å². The van der Waals surface area contributed by atoms with Gasteiger partial charge >= 0.3 is 5.76 Å². The van der Waals surface area contributed by atoms with Crippen molar-refractivity contribution in [2.75, 3.05) is 5.32 Å². The molecular weight excluding hydrogens is 358 g/mol. The molecule has 2 heterocycles. The van der Waals surface area contributed by atoms with Crippen molar-refractivity contribution in [3.63, 3.8) is 0 Å². The normalized spacial score (nSPS) is 11.0. The van der Waals surface area contributed by atoms with Crippen molar-refractivity contribution in [1.82, 2.24) is 19.6 Å². The van der Waals surface area contributed by atoms with E-state index in [1.165, 1.54) is 15.4 Å². The number of nitrogens with one attached hydrogen (secondary N) is 1. The Hall–Kier alpha value is -3.39. The molecule has 0 atom stereocenters. The van der Waals surface area contributed by atoms with Crippen LogP contribution >= 0.6 is 11.6 Å². The molecule has 1 amide bonds. The highest BCUT2D eigenvalue weighted by atomic mass is 35.5. The largest absolute Gasteiger partial charge is 0.419 e. The van der Waals surface area contributed by atoms with Crippen LogP contribution in [-0.4, -0.2) is 25.5 Å². The fourth-order valence-corrected chi connectivity index (χ4v) is 2.75. The average molecular weight is 370 g/mol. The predicted molar refractivity (Wildman–Crippen MR) is 95.8 cm³/mol. The molecule has 2 aromatic heterocycles. The molecule has 8 nitrogen and oxygen atoms in total. The summed E-state index contributed by atoms with van der Waals surface area (Å²) in [6, 6.07) is 12.0. The predicted octanol–water partition coefficient (Wildman–Crippen LogP) is 2.62. The van der Waals surface area contributed by atoms with Gasteiger partial charge in [-0.25, -0.2) is 9.48 Å². The number of aryl methyl sites for hydroxylation is 1. The Kier molecular flexibility index (Phi) is 3.81. The highest BCUT2D eigenvalue weighted by Crippen LogP contribution is 2.20. The van der Waals surface area contributed by atoms with Gasteiger partial charge in [0.1, 0.15) is 0 Å². The molecule has 1 N–H and O–H groups in total. The number of carbonyl (C=O) groups excluding carboxylic acids is 1. The maximum absolute atomic E-state index is 12.4. The number of carbonyl (C=O) groups is 1. The van der Waals surface area contributed by atoms with E-state index >= 15 is 0 Å². The fraction of sp³-hybridized carbons (Fsp3) is 0.0588. The SMILES string of the molecule is Cn1c(=O)oc2cc(NC(=O)c3cn(-c4ccccc4Cl)nn3)ccc21. The van der Waals surface area contributed by atoms with E-state index < -0.39 is 11.7 Å². The number of hydrogen-bond acceptors (Lipinski definition) is 5. The third-order valence-corrected chi connectivity index (χ3v) is 4.20. The lowest BCUT2D eigenvalue weighted by atomic mass is 10.2. The van der Waals surface area contributed by atoms with Crippen LogP contribution < -0.4 is 11.1 Å². The van der Waals surface area contributed by atoms with Crippen molar-refractivity contribution < 1.29 is 9.21 Å². The molecule has 0 spiro atoms. The Morgan fingerprint density at radius 2 is 2.04 bits per heavy atom. The van der Waals surface area contributed by atoms with Crippen LogP contribution in [0.2, 0.25) is 5.02 Å². The van der Waals surface area contributed by atoms with Crippen LogP contribution in [-0.2, 0) is 7.05 Å². The lowest BCUT2D eigenvalue weighted by molar-refractivity contribution is 0.102. The number of aromatic nitrogens is 4. The van der Waals surface area contributed by atoms with E-state index in [-0.39, 0.29) is 5.69 Å². The van der Waals surface area contributed by atoms with E-state index in [2.05, 4.69) is 15.6 Å². The monoisotopic (exact) mass is 369 g/mol. The fourth-order valence-electron chi connectivity index (χ4n) is 2.53. The van der Waals surface area contributed by atoms with Gasteiger partial charge in [0.15, 0.2) is 11.3 Å². The van der Waals surface area contributed by atoms with Crippen molar-refractivity contribution in [1.29, 1.82) is 0 Å². The van der Waals surface area contributed by atoms with Crippen LogP contribution in [0.25, 0.3) is 16.8 Å². The minimum absolute atomic E-state index is 0.125. The smallest absolute Gasteiger partial charge is 0.408 e. The third kappa shape index (κ3) is 2.76. The van der Waals surface area contributed by atoms with Gasteiger partial charge < -0.3 is 9.73 Å². The highest BCUT2D eigenvalue weighted by molar-refractivity contribution is 6.32. The molecule has 26 heavy (non-hydrogen) atoms. The number of amides is 1. The lowest BCUT2D eigenvalue weighted by Gasteiger charge is -2.03. The first-order valence-corrected chi connectivity index (χ1v) is 7.99. The lowest BCUT2D eigenvalue weighted by Crippen LogP contribution is -2.12. The first-order valence-electron chi connectivity index (χ1n) is 7.61. The summed E-state index contributed by atoms with van der Waals surface area (Å²) in [6.45, 7) is 0.